The molecule has 0 saturated heterocycles. The van der Waals surface area contributed by atoms with Crippen molar-refractivity contribution in [1.82, 2.24) is 25.1 Å². The van der Waals surface area contributed by atoms with Gasteiger partial charge in [-0.1, -0.05) is 25.4 Å². The molecule has 41 heavy (non-hydrogen) atoms. The molecule has 3 aromatic rings. The number of ketones is 1. The lowest BCUT2D eigenvalue weighted by Gasteiger charge is -2.43. The Bertz CT molecular complexity index is 1450. The van der Waals surface area contributed by atoms with Gasteiger partial charge in [0, 0.05) is 59.3 Å². The summed E-state index contributed by atoms with van der Waals surface area (Å²) in [6, 6.07) is 6.39. The normalized spacial score (nSPS) is 22.9. The van der Waals surface area contributed by atoms with Crippen molar-refractivity contribution in [2.75, 3.05) is 26.7 Å². The average molecular weight is 599 g/mol. The molecule has 1 fully saturated rings. The smallest absolute Gasteiger partial charge is 0.280 e. The number of nitrogens with zero attached hydrogens (tertiary/aromatic N) is 3. The van der Waals surface area contributed by atoms with Crippen molar-refractivity contribution < 1.29 is 14.4 Å². The van der Waals surface area contributed by atoms with Crippen molar-refractivity contribution in [3.63, 3.8) is 0 Å². The molecule has 1 aliphatic heterocycles. The van der Waals surface area contributed by atoms with E-state index >= 15 is 0 Å². The Balaban J connectivity index is 1.44. The molecule has 1 aliphatic carbocycles. The number of Topliss-reactive ketones (excluding diaryl/α,β-unsaturated/α-hetero) is 1. The monoisotopic (exact) mass is 598 g/mol. The van der Waals surface area contributed by atoms with E-state index in [1.54, 1.807) is 18.2 Å². The highest BCUT2D eigenvalue weighted by Crippen LogP contribution is 2.36. The molecule has 0 radical (unpaired) electrons. The number of H-pyrrole nitrogens is 1. The zero-order valence-corrected chi connectivity index (χ0v) is 25.5. The Morgan fingerprint density at radius 1 is 1.24 bits per heavy atom. The predicted molar refractivity (Wildman–Crippen MR) is 162 cm³/mol. The molecule has 9 nitrogen and oxygen atoms in total. The molecule has 3 unspecified atom stereocenters. The molecule has 0 spiro atoms. The van der Waals surface area contributed by atoms with Crippen molar-refractivity contribution in [3.8, 4) is 0 Å². The molecular weight excluding hydrogens is 560 g/mol. The van der Waals surface area contributed by atoms with Crippen LogP contribution in [0.2, 0.25) is 5.02 Å². The summed E-state index contributed by atoms with van der Waals surface area (Å²) in [4.78, 5) is 54.3. The summed E-state index contributed by atoms with van der Waals surface area (Å²) in [5.41, 5.74) is 7.67. The molecule has 11 heteroatoms. The second-order valence-corrected chi connectivity index (χ2v) is 13.0. The van der Waals surface area contributed by atoms with E-state index < -0.39 is 11.6 Å². The molecule has 220 valence electrons. The first-order valence-electron chi connectivity index (χ1n) is 14.5. The number of hydrogen-bond acceptors (Lipinski definition) is 7. The number of nitrogens with two attached hydrogens (primary N) is 1. The predicted octanol–water partition coefficient (Wildman–Crippen LogP) is 4.39. The first kappa shape index (κ1) is 29.7. The van der Waals surface area contributed by atoms with E-state index in [0.29, 0.717) is 35.2 Å². The quantitative estimate of drug-likeness (QED) is 0.314. The summed E-state index contributed by atoms with van der Waals surface area (Å²) < 4.78 is 0. The molecular formula is C30H39ClN6O3S. The van der Waals surface area contributed by atoms with Crippen LogP contribution in [-0.2, 0) is 17.8 Å². The lowest BCUT2D eigenvalue weighted by atomic mass is 9.70. The van der Waals surface area contributed by atoms with E-state index in [4.69, 9.17) is 17.3 Å². The van der Waals surface area contributed by atoms with Gasteiger partial charge < -0.3 is 25.8 Å². The Labute approximate surface area is 249 Å². The summed E-state index contributed by atoms with van der Waals surface area (Å²) in [5, 5.41) is 4.82. The van der Waals surface area contributed by atoms with Crippen LogP contribution in [0.1, 0.15) is 76.8 Å². The lowest BCUT2D eigenvalue weighted by Crippen LogP contribution is -2.66. The number of halogens is 1. The van der Waals surface area contributed by atoms with Crippen LogP contribution in [0.4, 0.5) is 0 Å². The maximum atomic E-state index is 14.1. The zero-order chi connectivity index (χ0) is 29.3. The molecule has 1 saturated carbocycles. The average Bonchev–Trinajstić information content (AvgIpc) is 3.57. The van der Waals surface area contributed by atoms with Crippen molar-refractivity contribution in [2.24, 2.45) is 11.7 Å². The van der Waals surface area contributed by atoms with Crippen LogP contribution in [0.3, 0.4) is 0 Å². The molecule has 4 N–H and O–H groups in total. The summed E-state index contributed by atoms with van der Waals surface area (Å²) in [7, 11) is 2.05. The Morgan fingerprint density at radius 3 is 2.73 bits per heavy atom. The number of fused-ring (bicyclic) bond motifs is 2. The Kier molecular flexibility index (Phi) is 8.84. The zero-order valence-electron chi connectivity index (χ0n) is 24.0. The van der Waals surface area contributed by atoms with Crippen LogP contribution in [-0.4, -0.2) is 75.6 Å². The second-order valence-electron chi connectivity index (χ2n) is 11.5. The van der Waals surface area contributed by atoms with Crippen molar-refractivity contribution >= 4 is 51.4 Å². The fraction of sp³-hybridized carbons (Fsp3) is 0.533. The van der Waals surface area contributed by atoms with Gasteiger partial charge in [-0.15, -0.1) is 11.3 Å². The summed E-state index contributed by atoms with van der Waals surface area (Å²) in [6.45, 7) is 7.14. The van der Waals surface area contributed by atoms with Crippen molar-refractivity contribution in [3.05, 3.63) is 50.6 Å². The highest BCUT2D eigenvalue weighted by Gasteiger charge is 2.49. The third-order valence-corrected chi connectivity index (χ3v) is 9.68. The van der Waals surface area contributed by atoms with Gasteiger partial charge in [0.05, 0.1) is 17.4 Å². The van der Waals surface area contributed by atoms with Gasteiger partial charge in [0.25, 0.3) is 5.91 Å². The lowest BCUT2D eigenvalue weighted by molar-refractivity contribution is -0.137. The number of carbonyl (C=O) groups excluding carboxylic acids is 3. The Morgan fingerprint density at radius 2 is 2.00 bits per heavy atom. The molecule has 2 aliphatic rings. The molecule has 0 bridgehead atoms. The van der Waals surface area contributed by atoms with Crippen LogP contribution >= 0.6 is 22.9 Å². The SMILES string of the molecule is CCCN(CCC)C(=O)C1CCC(N)(C(=O)c2cc3cc(Cl)ccc3[nH]2)C(NC(=O)c2nc3c(s2)CN(C)CC3)C1. The fourth-order valence-electron chi connectivity index (χ4n) is 6.13. The third kappa shape index (κ3) is 6.07. The van der Waals surface area contributed by atoms with Gasteiger partial charge in [-0.25, -0.2) is 4.98 Å². The van der Waals surface area contributed by atoms with E-state index in [2.05, 4.69) is 34.0 Å². The number of amides is 2. The molecule has 2 aromatic heterocycles. The van der Waals surface area contributed by atoms with Crippen LogP contribution in [0.15, 0.2) is 24.3 Å². The first-order valence-corrected chi connectivity index (χ1v) is 15.7. The second kappa shape index (κ2) is 12.2. The van der Waals surface area contributed by atoms with Crippen LogP contribution < -0.4 is 11.1 Å². The highest BCUT2D eigenvalue weighted by molar-refractivity contribution is 7.13. The van der Waals surface area contributed by atoms with Gasteiger partial charge in [0.15, 0.2) is 5.01 Å². The minimum absolute atomic E-state index is 0.0652. The van der Waals surface area contributed by atoms with Gasteiger partial charge in [-0.3, -0.25) is 14.4 Å². The third-order valence-electron chi connectivity index (χ3n) is 8.37. The summed E-state index contributed by atoms with van der Waals surface area (Å²) in [6.07, 6.45) is 3.56. The number of likely N-dealkylation sites (N-methyl/N-ethyl adjacent to an activating group) is 1. The van der Waals surface area contributed by atoms with Crippen LogP contribution in [0.25, 0.3) is 10.9 Å². The molecule has 3 atom stereocenters. The minimum Gasteiger partial charge on any atom is -0.352 e. The topological polar surface area (TPSA) is 124 Å². The molecule has 2 amide bonds. The number of aromatic nitrogens is 2. The standard InChI is InChI=1S/C30H39ClN6O3S/c1-4-11-37(12-5-2)29(40)18-8-10-30(32,26(38)23-15-19-14-20(31)6-7-21(19)33-23)25(16-18)35-27(39)28-34-22-9-13-36(3)17-24(22)41-28/h6-7,14-15,18,25,33H,4-5,8-13,16-17,32H2,1-3H3,(H,35,39). The van der Waals surface area contributed by atoms with Gasteiger partial charge in [-0.05, 0) is 63.4 Å². The number of carbonyl (C=O) groups is 3. The summed E-state index contributed by atoms with van der Waals surface area (Å²) >= 11 is 7.56. The largest absolute Gasteiger partial charge is 0.352 e. The van der Waals surface area contributed by atoms with Crippen LogP contribution in [0.5, 0.6) is 0 Å². The summed E-state index contributed by atoms with van der Waals surface area (Å²) in [5.74, 6) is -0.909. The van der Waals surface area contributed by atoms with E-state index in [1.165, 1.54) is 11.3 Å². The number of thiazole rings is 1. The van der Waals surface area contributed by atoms with Gasteiger partial charge >= 0.3 is 0 Å². The van der Waals surface area contributed by atoms with E-state index in [1.807, 2.05) is 18.0 Å². The minimum atomic E-state index is -1.39. The highest BCUT2D eigenvalue weighted by atomic mass is 35.5. The van der Waals surface area contributed by atoms with Crippen LogP contribution in [0, 0.1) is 5.92 Å². The van der Waals surface area contributed by atoms with E-state index in [-0.39, 0.29) is 36.4 Å². The first-order chi connectivity index (χ1) is 19.6. The molecule has 3 heterocycles. The fourth-order valence-corrected chi connectivity index (χ4v) is 7.40. The molecule has 5 rings (SSSR count). The number of benzene rings is 1. The molecule has 1 aromatic carbocycles. The maximum absolute atomic E-state index is 14.1. The van der Waals surface area contributed by atoms with Crippen molar-refractivity contribution in [2.45, 2.75) is 70.5 Å². The number of aromatic amines is 1. The van der Waals surface area contributed by atoms with E-state index in [9.17, 15) is 14.4 Å². The maximum Gasteiger partial charge on any atom is 0.280 e. The Hall–Kier alpha value is -2.79. The van der Waals surface area contributed by atoms with Gasteiger partial charge in [-0.2, -0.15) is 0 Å². The van der Waals surface area contributed by atoms with Gasteiger partial charge in [0.1, 0.15) is 5.54 Å². The number of nitrogens with one attached hydrogen (secondary N) is 2. The number of hydrogen-bond donors (Lipinski definition) is 3. The van der Waals surface area contributed by atoms with Gasteiger partial charge in [0.2, 0.25) is 11.7 Å². The number of rotatable bonds is 9. The van der Waals surface area contributed by atoms with Crippen molar-refractivity contribution in [1.29, 1.82) is 0 Å². The van der Waals surface area contributed by atoms with E-state index in [0.717, 1.165) is 53.8 Å².